The van der Waals surface area contributed by atoms with Crippen LogP contribution < -0.4 is 5.32 Å². The summed E-state index contributed by atoms with van der Waals surface area (Å²) in [5.74, 6) is 0.314. The zero-order valence-corrected chi connectivity index (χ0v) is 13.2. The Kier molecular flexibility index (Phi) is 4.07. The average molecular weight is 283 g/mol. The molecule has 4 heteroatoms. The van der Waals surface area contributed by atoms with E-state index in [1.165, 1.54) is 0 Å². The van der Waals surface area contributed by atoms with Crippen LogP contribution in [0.5, 0.6) is 0 Å². The molecule has 0 unspecified atom stereocenters. The number of aromatic nitrogens is 2. The minimum Gasteiger partial charge on any atom is -0.305 e. The highest BCUT2D eigenvalue weighted by molar-refractivity contribution is 6.02. The average Bonchev–Trinajstić information content (AvgIpc) is 2.39. The maximum absolute atomic E-state index is 12.2. The van der Waals surface area contributed by atoms with E-state index in [2.05, 4.69) is 36.1 Å². The largest absolute Gasteiger partial charge is 0.305 e. The first-order chi connectivity index (χ1) is 9.77. The van der Waals surface area contributed by atoms with E-state index >= 15 is 0 Å². The molecule has 0 aliphatic heterocycles. The SMILES string of the molecule is Cc1ccnc(C(=O)Nc2ccc(C)c(C(C)(C)C)n2)c1. The quantitative estimate of drug-likeness (QED) is 0.915. The van der Waals surface area contributed by atoms with Gasteiger partial charge in [-0.05, 0) is 43.2 Å². The number of rotatable bonds is 2. The summed E-state index contributed by atoms with van der Waals surface area (Å²) < 4.78 is 0. The maximum Gasteiger partial charge on any atom is 0.275 e. The molecule has 2 heterocycles. The van der Waals surface area contributed by atoms with Gasteiger partial charge in [0.15, 0.2) is 0 Å². The topological polar surface area (TPSA) is 54.9 Å². The van der Waals surface area contributed by atoms with Crippen LogP contribution in [0.1, 0.15) is 48.1 Å². The molecule has 0 saturated heterocycles. The Labute approximate surface area is 125 Å². The Bertz CT molecular complexity index is 672. The first kappa shape index (κ1) is 15.2. The number of aryl methyl sites for hydroxylation is 2. The lowest BCUT2D eigenvalue weighted by Gasteiger charge is -2.21. The molecule has 0 aliphatic carbocycles. The summed E-state index contributed by atoms with van der Waals surface area (Å²) in [4.78, 5) is 20.9. The van der Waals surface area contributed by atoms with E-state index in [1.54, 1.807) is 12.3 Å². The van der Waals surface area contributed by atoms with Gasteiger partial charge in [0, 0.05) is 11.6 Å². The third-order valence-corrected chi connectivity index (χ3v) is 3.20. The van der Waals surface area contributed by atoms with Crippen LogP contribution in [0.25, 0.3) is 0 Å². The number of hydrogen-bond donors (Lipinski definition) is 1. The van der Waals surface area contributed by atoms with E-state index in [0.717, 1.165) is 16.8 Å². The van der Waals surface area contributed by atoms with E-state index in [1.807, 2.05) is 32.0 Å². The molecule has 2 rings (SSSR count). The van der Waals surface area contributed by atoms with Crippen molar-refractivity contribution in [1.82, 2.24) is 9.97 Å². The third-order valence-electron chi connectivity index (χ3n) is 3.20. The van der Waals surface area contributed by atoms with Gasteiger partial charge in [0.2, 0.25) is 0 Å². The zero-order chi connectivity index (χ0) is 15.6. The van der Waals surface area contributed by atoms with Gasteiger partial charge in [0.25, 0.3) is 5.91 Å². The first-order valence-electron chi connectivity index (χ1n) is 6.99. The lowest BCUT2D eigenvalue weighted by Crippen LogP contribution is -2.19. The van der Waals surface area contributed by atoms with Crippen LogP contribution in [0.3, 0.4) is 0 Å². The molecule has 0 bridgehead atoms. The summed E-state index contributed by atoms with van der Waals surface area (Å²) in [5, 5.41) is 2.81. The van der Waals surface area contributed by atoms with Crippen molar-refractivity contribution < 1.29 is 4.79 Å². The Balaban J connectivity index is 2.26. The second-order valence-electron chi connectivity index (χ2n) is 6.28. The lowest BCUT2D eigenvalue weighted by atomic mass is 9.89. The van der Waals surface area contributed by atoms with Gasteiger partial charge in [-0.2, -0.15) is 0 Å². The number of nitrogens with zero attached hydrogens (tertiary/aromatic N) is 2. The van der Waals surface area contributed by atoms with Crippen molar-refractivity contribution in [2.24, 2.45) is 0 Å². The molecule has 2 aromatic rings. The number of anilines is 1. The molecule has 110 valence electrons. The van der Waals surface area contributed by atoms with Crippen LogP contribution in [0.15, 0.2) is 30.5 Å². The normalized spacial score (nSPS) is 11.3. The lowest BCUT2D eigenvalue weighted by molar-refractivity contribution is 0.102. The second kappa shape index (κ2) is 5.64. The van der Waals surface area contributed by atoms with Crippen molar-refractivity contribution in [3.8, 4) is 0 Å². The van der Waals surface area contributed by atoms with Gasteiger partial charge in [0.05, 0.1) is 5.69 Å². The minimum atomic E-state index is -0.241. The summed E-state index contributed by atoms with van der Waals surface area (Å²) in [6.45, 7) is 10.3. The van der Waals surface area contributed by atoms with Crippen molar-refractivity contribution >= 4 is 11.7 Å². The maximum atomic E-state index is 12.2. The highest BCUT2D eigenvalue weighted by atomic mass is 16.1. The standard InChI is InChI=1S/C17H21N3O/c1-11-8-9-18-13(10-11)16(21)20-14-7-6-12(2)15(19-14)17(3,4)5/h6-10H,1-5H3,(H,19,20,21). The van der Waals surface area contributed by atoms with Crippen LogP contribution in [-0.2, 0) is 5.41 Å². The molecule has 0 radical (unpaired) electrons. The fraction of sp³-hybridized carbons (Fsp3) is 0.353. The Morgan fingerprint density at radius 3 is 2.48 bits per heavy atom. The number of carbonyl (C=O) groups is 1. The van der Waals surface area contributed by atoms with Gasteiger partial charge >= 0.3 is 0 Å². The number of amides is 1. The molecule has 21 heavy (non-hydrogen) atoms. The predicted octanol–water partition coefficient (Wildman–Crippen LogP) is 3.64. The summed E-state index contributed by atoms with van der Waals surface area (Å²) in [7, 11) is 0. The van der Waals surface area contributed by atoms with Crippen molar-refractivity contribution in [3.05, 3.63) is 53.0 Å². The van der Waals surface area contributed by atoms with E-state index < -0.39 is 0 Å². The van der Waals surface area contributed by atoms with Gasteiger partial charge in [-0.15, -0.1) is 0 Å². The van der Waals surface area contributed by atoms with E-state index in [-0.39, 0.29) is 11.3 Å². The third kappa shape index (κ3) is 3.66. The molecule has 1 N–H and O–H groups in total. The fourth-order valence-electron chi connectivity index (χ4n) is 2.20. The van der Waals surface area contributed by atoms with Crippen LogP contribution in [0.4, 0.5) is 5.82 Å². The van der Waals surface area contributed by atoms with Crippen LogP contribution in [0, 0.1) is 13.8 Å². The summed E-state index contributed by atoms with van der Waals surface area (Å²) >= 11 is 0. The van der Waals surface area contributed by atoms with E-state index in [4.69, 9.17) is 0 Å². The first-order valence-corrected chi connectivity index (χ1v) is 6.99. The molecule has 1 amide bonds. The smallest absolute Gasteiger partial charge is 0.275 e. The van der Waals surface area contributed by atoms with Crippen LogP contribution in [-0.4, -0.2) is 15.9 Å². The molecule has 2 aromatic heterocycles. The molecule has 0 saturated carbocycles. The molecular formula is C17H21N3O. The van der Waals surface area contributed by atoms with Crippen molar-refractivity contribution in [3.63, 3.8) is 0 Å². The second-order valence-corrected chi connectivity index (χ2v) is 6.28. The van der Waals surface area contributed by atoms with Gasteiger partial charge in [-0.25, -0.2) is 4.98 Å². The van der Waals surface area contributed by atoms with Gasteiger partial charge in [-0.3, -0.25) is 9.78 Å². The van der Waals surface area contributed by atoms with Crippen LogP contribution >= 0.6 is 0 Å². The molecule has 0 spiro atoms. The summed E-state index contributed by atoms with van der Waals surface area (Å²) in [6, 6.07) is 7.41. The summed E-state index contributed by atoms with van der Waals surface area (Å²) in [6.07, 6.45) is 1.63. The number of pyridine rings is 2. The fourth-order valence-corrected chi connectivity index (χ4v) is 2.20. The molecule has 0 aliphatic rings. The Hall–Kier alpha value is -2.23. The van der Waals surface area contributed by atoms with Crippen LogP contribution in [0.2, 0.25) is 0 Å². The Morgan fingerprint density at radius 1 is 1.14 bits per heavy atom. The molecule has 0 fully saturated rings. The zero-order valence-electron chi connectivity index (χ0n) is 13.2. The molecule has 0 atom stereocenters. The van der Waals surface area contributed by atoms with E-state index in [9.17, 15) is 4.79 Å². The molecule has 4 nitrogen and oxygen atoms in total. The highest BCUT2D eigenvalue weighted by Crippen LogP contribution is 2.25. The number of nitrogens with one attached hydrogen (secondary N) is 1. The van der Waals surface area contributed by atoms with Crippen molar-refractivity contribution in [2.45, 2.75) is 40.0 Å². The Morgan fingerprint density at radius 2 is 1.86 bits per heavy atom. The van der Waals surface area contributed by atoms with Crippen molar-refractivity contribution in [1.29, 1.82) is 0 Å². The highest BCUT2D eigenvalue weighted by Gasteiger charge is 2.19. The number of carbonyl (C=O) groups excluding carboxylic acids is 1. The minimum absolute atomic E-state index is 0.0631. The van der Waals surface area contributed by atoms with E-state index in [0.29, 0.717) is 11.5 Å². The predicted molar refractivity (Wildman–Crippen MR) is 84.6 cm³/mol. The molecular weight excluding hydrogens is 262 g/mol. The molecule has 0 aromatic carbocycles. The van der Waals surface area contributed by atoms with Gasteiger partial charge < -0.3 is 5.32 Å². The van der Waals surface area contributed by atoms with Gasteiger partial charge in [0.1, 0.15) is 11.5 Å². The number of hydrogen-bond acceptors (Lipinski definition) is 3. The monoisotopic (exact) mass is 283 g/mol. The summed E-state index contributed by atoms with van der Waals surface area (Å²) in [5.41, 5.74) is 3.44. The van der Waals surface area contributed by atoms with Crippen molar-refractivity contribution in [2.75, 3.05) is 5.32 Å². The van der Waals surface area contributed by atoms with Gasteiger partial charge in [-0.1, -0.05) is 26.8 Å².